The van der Waals surface area contributed by atoms with Crippen molar-refractivity contribution in [1.29, 1.82) is 0 Å². The molecule has 3 aromatic rings. The van der Waals surface area contributed by atoms with Crippen molar-refractivity contribution in [2.75, 3.05) is 13.1 Å². The number of hydrogen-bond acceptors (Lipinski definition) is 5. The summed E-state index contributed by atoms with van der Waals surface area (Å²) in [5.41, 5.74) is 1.50. The first kappa shape index (κ1) is 17.7. The van der Waals surface area contributed by atoms with Crippen molar-refractivity contribution < 1.29 is 9.32 Å². The van der Waals surface area contributed by atoms with Crippen LogP contribution < -0.4 is 0 Å². The monoisotopic (exact) mass is 382 g/mol. The van der Waals surface area contributed by atoms with E-state index in [1.807, 2.05) is 47.4 Å². The van der Waals surface area contributed by atoms with Crippen LogP contribution in [0.2, 0.25) is 5.02 Å². The molecular formula is C20H19ClN4O2. The highest BCUT2D eigenvalue weighted by Gasteiger charge is 2.28. The molecule has 27 heavy (non-hydrogen) atoms. The average molecular weight is 383 g/mol. The van der Waals surface area contributed by atoms with Crippen molar-refractivity contribution in [1.82, 2.24) is 20.0 Å². The second-order valence-electron chi connectivity index (χ2n) is 6.62. The minimum Gasteiger partial charge on any atom is -0.342 e. The largest absolute Gasteiger partial charge is 0.342 e. The predicted octanol–water partition coefficient (Wildman–Crippen LogP) is 3.73. The maximum Gasteiger partial charge on any atom is 0.276 e. The van der Waals surface area contributed by atoms with Gasteiger partial charge in [0, 0.05) is 30.2 Å². The molecule has 1 atom stereocenters. The van der Waals surface area contributed by atoms with E-state index in [9.17, 15) is 4.79 Å². The Kier molecular flexibility index (Phi) is 5.16. The van der Waals surface area contributed by atoms with Gasteiger partial charge in [-0.1, -0.05) is 41.0 Å². The lowest BCUT2D eigenvalue weighted by atomic mass is 9.96. The summed E-state index contributed by atoms with van der Waals surface area (Å²) in [7, 11) is 0. The highest BCUT2D eigenvalue weighted by molar-refractivity contribution is 6.31. The number of piperidine rings is 1. The Balaban J connectivity index is 1.45. The average Bonchev–Trinajstić information content (AvgIpc) is 3.21. The highest BCUT2D eigenvalue weighted by Crippen LogP contribution is 2.27. The molecule has 6 nitrogen and oxygen atoms in total. The molecule has 7 heteroatoms. The second kappa shape index (κ2) is 7.88. The SMILES string of the molecule is O=C(Cc1ccccc1Cl)N1CCC[C@H](c2noc(-c3ccccn3)n2)C1. The fourth-order valence-corrected chi connectivity index (χ4v) is 3.53. The summed E-state index contributed by atoms with van der Waals surface area (Å²) in [6, 6.07) is 13.0. The summed E-state index contributed by atoms with van der Waals surface area (Å²) in [6.45, 7) is 1.33. The van der Waals surface area contributed by atoms with Crippen molar-refractivity contribution in [2.24, 2.45) is 0 Å². The van der Waals surface area contributed by atoms with Crippen LogP contribution in [0, 0.1) is 0 Å². The van der Waals surface area contributed by atoms with Gasteiger partial charge >= 0.3 is 0 Å². The number of benzene rings is 1. The molecule has 4 rings (SSSR count). The fraction of sp³-hybridized carbons (Fsp3) is 0.300. The fourth-order valence-electron chi connectivity index (χ4n) is 3.32. The smallest absolute Gasteiger partial charge is 0.276 e. The normalized spacial score (nSPS) is 17.1. The number of halogens is 1. The number of aromatic nitrogens is 3. The molecule has 0 N–H and O–H groups in total. The Morgan fingerprint density at radius 2 is 2.07 bits per heavy atom. The van der Waals surface area contributed by atoms with E-state index < -0.39 is 0 Å². The van der Waals surface area contributed by atoms with Crippen LogP contribution in [0.5, 0.6) is 0 Å². The number of hydrogen-bond donors (Lipinski definition) is 0. The van der Waals surface area contributed by atoms with Crippen molar-refractivity contribution in [3.05, 3.63) is 65.1 Å². The third kappa shape index (κ3) is 4.01. The van der Waals surface area contributed by atoms with Crippen LogP contribution in [0.25, 0.3) is 11.6 Å². The van der Waals surface area contributed by atoms with Gasteiger partial charge < -0.3 is 9.42 Å². The first-order valence-corrected chi connectivity index (χ1v) is 9.34. The molecule has 1 fully saturated rings. The Morgan fingerprint density at radius 1 is 1.22 bits per heavy atom. The van der Waals surface area contributed by atoms with E-state index in [2.05, 4.69) is 15.1 Å². The van der Waals surface area contributed by atoms with Crippen LogP contribution in [0.3, 0.4) is 0 Å². The zero-order chi connectivity index (χ0) is 18.6. The molecule has 1 aliphatic rings. The Morgan fingerprint density at radius 3 is 2.89 bits per heavy atom. The second-order valence-corrected chi connectivity index (χ2v) is 7.03. The Hall–Kier alpha value is -2.73. The van der Waals surface area contributed by atoms with Crippen molar-refractivity contribution >= 4 is 17.5 Å². The number of rotatable bonds is 4. The van der Waals surface area contributed by atoms with Gasteiger partial charge in [0.25, 0.3) is 5.89 Å². The summed E-state index contributed by atoms with van der Waals surface area (Å²) in [5, 5.41) is 4.75. The van der Waals surface area contributed by atoms with Gasteiger partial charge in [0.1, 0.15) is 5.69 Å². The summed E-state index contributed by atoms with van der Waals surface area (Å²) < 4.78 is 5.37. The van der Waals surface area contributed by atoms with E-state index >= 15 is 0 Å². The number of likely N-dealkylation sites (tertiary alicyclic amines) is 1. The number of nitrogens with zero attached hydrogens (tertiary/aromatic N) is 4. The third-order valence-electron chi connectivity index (χ3n) is 4.76. The van der Waals surface area contributed by atoms with E-state index in [1.165, 1.54) is 0 Å². The third-order valence-corrected chi connectivity index (χ3v) is 5.13. The maximum absolute atomic E-state index is 12.7. The van der Waals surface area contributed by atoms with E-state index in [-0.39, 0.29) is 11.8 Å². The van der Waals surface area contributed by atoms with Crippen LogP contribution in [0.15, 0.2) is 53.2 Å². The summed E-state index contributed by atoms with van der Waals surface area (Å²) >= 11 is 6.18. The molecule has 0 saturated carbocycles. The van der Waals surface area contributed by atoms with Crippen molar-refractivity contribution in [2.45, 2.75) is 25.2 Å². The molecular weight excluding hydrogens is 364 g/mol. The van der Waals surface area contributed by atoms with E-state index in [0.29, 0.717) is 35.4 Å². The lowest BCUT2D eigenvalue weighted by molar-refractivity contribution is -0.131. The number of amides is 1. The van der Waals surface area contributed by atoms with Gasteiger partial charge in [-0.3, -0.25) is 9.78 Å². The maximum atomic E-state index is 12.7. The van der Waals surface area contributed by atoms with Gasteiger partial charge in [0.05, 0.1) is 6.42 Å². The summed E-state index contributed by atoms with van der Waals surface area (Å²) in [4.78, 5) is 23.3. The predicted molar refractivity (Wildman–Crippen MR) is 101 cm³/mol. The minimum absolute atomic E-state index is 0.0650. The molecule has 1 saturated heterocycles. The van der Waals surface area contributed by atoms with Crippen LogP contribution in [-0.4, -0.2) is 39.0 Å². The van der Waals surface area contributed by atoms with Crippen LogP contribution in [-0.2, 0) is 11.2 Å². The molecule has 2 aromatic heterocycles. The Labute approximate surface area is 162 Å². The molecule has 1 aromatic carbocycles. The van der Waals surface area contributed by atoms with Crippen LogP contribution in [0.1, 0.15) is 30.1 Å². The number of carbonyl (C=O) groups excluding carboxylic acids is 1. The van der Waals surface area contributed by atoms with Gasteiger partial charge in [0.2, 0.25) is 5.91 Å². The molecule has 0 unspecified atom stereocenters. The molecule has 1 aliphatic heterocycles. The minimum atomic E-state index is 0.0650. The zero-order valence-corrected chi connectivity index (χ0v) is 15.5. The van der Waals surface area contributed by atoms with E-state index in [4.69, 9.17) is 16.1 Å². The van der Waals surface area contributed by atoms with Gasteiger partial charge in [-0.25, -0.2) is 0 Å². The van der Waals surface area contributed by atoms with Gasteiger partial charge in [-0.2, -0.15) is 4.98 Å². The molecule has 0 bridgehead atoms. The van der Waals surface area contributed by atoms with E-state index in [1.54, 1.807) is 6.20 Å². The van der Waals surface area contributed by atoms with Crippen molar-refractivity contribution in [3.8, 4) is 11.6 Å². The zero-order valence-electron chi connectivity index (χ0n) is 14.7. The molecule has 0 radical (unpaired) electrons. The lowest BCUT2D eigenvalue weighted by Crippen LogP contribution is -2.40. The summed E-state index contributed by atoms with van der Waals surface area (Å²) in [5.74, 6) is 1.17. The van der Waals surface area contributed by atoms with Gasteiger partial charge in [-0.05, 0) is 36.6 Å². The Bertz CT molecular complexity index is 928. The van der Waals surface area contributed by atoms with E-state index in [0.717, 1.165) is 24.9 Å². The number of carbonyl (C=O) groups is 1. The first-order valence-electron chi connectivity index (χ1n) is 8.97. The molecule has 0 spiro atoms. The van der Waals surface area contributed by atoms with Crippen molar-refractivity contribution in [3.63, 3.8) is 0 Å². The first-order chi connectivity index (χ1) is 13.2. The van der Waals surface area contributed by atoms with Gasteiger partial charge in [-0.15, -0.1) is 0 Å². The topological polar surface area (TPSA) is 72.1 Å². The molecule has 138 valence electrons. The number of pyridine rings is 1. The van der Waals surface area contributed by atoms with Gasteiger partial charge in [0.15, 0.2) is 5.82 Å². The molecule has 0 aliphatic carbocycles. The molecule has 1 amide bonds. The van der Waals surface area contributed by atoms with Crippen LogP contribution in [0.4, 0.5) is 0 Å². The lowest BCUT2D eigenvalue weighted by Gasteiger charge is -2.31. The standard InChI is InChI=1S/C20H19ClN4O2/c21-16-8-2-1-6-14(16)12-18(26)25-11-5-7-15(13-25)19-23-20(27-24-19)17-9-3-4-10-22-17/h1-4,6,8-10,15H,5,7,11-13H2/t15-/m0/s1. The summed E-state index contributed by atoms with van der Waals surface area (Å²) in [6.07, 6.45) is 3.83. The van der Waals surface area contributed by atoms with Crippen LogP contribution >= 0.6 is 11.6 Å². The molecule has 3 heterocycles. The quantitative estimate of drug-likeness (QED) is 0.687. The highest BCUT2D eigenvalue weighted by atomic mass is 35.5.